The zero-order chi connectivity index (χ0) is 18.7. The third-order valence-electron chi connectivity index (χ3n) is 4.71. The van der Waals surface area contributed by atoms with Crippen LogP contribution in [0.3, 0.4) is 0 Å². The first-order valence-corrected chi connectivity index (χ1v) is 8.45. The van der Waals surface area contributed by atoms with Gasteiger partial charge in [-0.1, -0.05) is 54.6 Å². The fraction of sp³-hybridized carbons (Fsp3) is 0.238. The van der Waals surface area contributed by atoms with Crippen LogP contribution in [0, 0.1) is 0 Å². The molecule has 2 aromatic carbocycles. The second-order valence-corrected chi connectivity index (χ2v) is 6.23. The molecule has 0 saturated heterocycles. The molecule has 0 spiro atoms. The van der Waals surface area contributed by atoms with Crippen LogP contribution in [0.25, 0.3) is 11.1 Å². The largest absolute Gasteiger partial charge is 0.481 e. The Labute approximate surface area is 152 Å². The molecule has 0 unspecified atom stereocenters. The smallest absolute Gasteiger partial charge is 0.410 e. The highest BCUT2D eigenvalue weighted by Crippen LogP contribution is 2.47. The number of amides is 1. The third-order valence-corrected chi connectivity index (χ3v) is 4.71. The fourth-order valence-corrected chi connectivity index (χ4v) is 3.69. The maximum absolute atomic E-state index is 12.7. The number of hydrogen-bond donors (Lipinski definition) is 1. The standard InChI is InChI=1S/C21H21NO4/c1-3-8-14(13-19(23)24)22(21(25)26-2)20-17-11-6-4-9-15(17)16-10-5-7-12-18(16)20/h3-7,9-12,14,20H,1,8,13H2,2H3,(H,23,24)/t14-/m1/s1. The van der Waals surface area contributed by atoms with Crippen LogP contribution in [0.1, 0.15) is 30.0 Å². The average molecular weight is 351 g/mol. The van der Waals surface area contributed by atoms with Gasteiger partial charge in [0.1, 0.15) is 0 Å². The van der Waals surface area contributed by atoms with Gasteiger partial charge in [0.15, 0.2) is 0 Å². The number of ether oxygens (including phenoxy) is 1. The lowest BCUT2D eigenvalue weighted by Crippen LogP contribution is -2.43. The van der Waals surface area contributed by atoms with Crippen LogP contribution in [0.2, 0.25) is 0 Å². The van der Waals surface area contributed by atoms with Crippen LogP contribution >= 0.6 is 0 Å². The highest BCUT2D eigenvalue weighted by atomic mass is 16.5. The van der Waals surface area contributed by atoms with E-state index in [2.05, 4.69) is 6.58 Å². The number of nitrogens with zero attached hydrogens (tertiary/aromatic N) is 1. The van der Waals surface area contributed by atoms with Crippen molar-refractivity contribution in [3.05, 3.63) is 72.3 Å². The van der Waals surface area contributed by atoms with Crippen LogP contribution in [-0.2, 0) is 9.53 Å². The molecule has 1 amide bonds. The van der Waals surface area contributed by atoms with Gasteiger partial charge < -0.3 is 9.84 Å². The Morgan fingerprint density at radius 2 is 1.69 bits per heavy atom. The number of carboxylic acid groups (broad SMARTS) is 1. The molecule has 26 heavy (non-hydrogen) atoms. The topological polar surface area (TPSA) is 66.8 Å². The molecule has 0 fully saturated rings. The summed E-state index contributed by atoms with van der Waals surface area (Å²) in [5, 5.41) is 9.33. The Morgan fingerprint density at radius 1 is 1.15 bits per heavy atom. The van der Waals surface area contributed by atoms with Crippen LogP contribution in [0.4, 0.5) is 4.79 Å². The first-order valence-electron chi connectivity index (χ1n) is 8.45. The average Bonchev–Trinajstić information content (AvgIpc) is 2.96. The maximum Gasteiger partial charge on any atom is 0.410 e. The van der Waals surface area contributed by atoms with Crippen molar-refractivity contribution in [3.8, 4) is 11.1 Å². The van der Waals surface area contributed by atoms with E-state index in [1.54, 1.807) is 11.0 Å². The zero-order valence-electron chi connectivity index (χ0n) is 14.6. The molecule has 0 bridgehead atoms. The molecule has 1 aliphatic rings. The van der Waals surface area contributed by atoms with Gasteiger partial charge in [-0.3, -0.25) is 9.69 Å². The maximum atomic E-state index is 12.7. The van der Waals surface area contributed by atoms with E-state index in [4.69, 9.17) is 4.74 Å². The molecule has 5 nitrogen and oxygen atoms in total. The molecule has 1 N–H and O–H groups in total. The summed E-state index contributed by atoms with van der Waals surface area (Å²) < 4.78 is 5.02. The van der Waals surface area contributed by atoms with Gasteiger partial charge in [-0.25, -0.2) is 4.79 Å². The van der Waals surface area contributed by atoms with Crippen molar-refractivity contribution >= 4 is 12.1 Å². The predicted molar refractivity (Wildman–Crippen MR) is 98.8 cm³/mol. The Morgan fingerprint density at radius 3 is 2.15 bits per heavy atom. The summed E-state index contributed by atoms with van der Waals surface area (Å²) >= 11 is 0. The minimum Gasteiger partial charge on any atom is -0.481 e. The minimum absolute atomic E-state index is 0.179. The lowest BCUT2D eigenvalue weighted by Gasteiger charge is -2.35. The second-order valence-electron chi connectivity index (χ2n) is 6.23. The van der Waals surface area contributed by atoms with Crippen LogP contribution in [0.15, 0.2) is 61.2 Å². The number of carboxylic acids is 1. The summed E-state index contributed by atoms with van der Waals surface area (Å²) in [4.78, 5) is 25.6. The van der Waals surface area contributed by atoms with E-state index in [0.29, 0.717) is 6.42 Å². The van der Waals surface area contributed by atoms with E-state index in [1.807, 2.05) is 48.5 Å². The molecule has 0 aromatic heterocycles. The summed E-state index contributed by atoms with van der Waals surface area (Å²) in [5.74, 6) is -0.967. The zero-order valence-corrected chi connectivity index (χ0v) is 14.6. The number of aliphatic carboxylic acids is 1. The fourth-order valence-electron chi connectivity index (χ4n) is 3.69. The van der Waals surface area contributed by atoms with Crippen molar-refractivity contribution in [2.45, 2.75) is 24.9 Å². The molecule has 3 rings (SSSR count). The minimum atomic E-state index is -0.967. The molecule has 134 valence electrons. The Hall–Kier alpha value is -3.08. The number of carbonyl (C=O) groups excluding carboxylic acids is 1. The molecule has 5 heteroatoms. The van der Waals surface area contributed by atoms with Crippen LogP contribution in [0.5, 0.6) is 0 Å². The summed E-state index contributed by atoms with van der Waals surface area (Å²) in [5.41, 5.74) is 4.04. The Bertz CT molecular complexity index is 800. The Kier molecular flexibility index (Phi) is 5.07. The summed E-state index contributed by atoms with van der Waals surface area (Å²) in [6, 6.07) is 14.8. The Balaban J connectivity index is 2.16. The molecule has 1 atom stereocenters. The van der Waals surface area contributed by atoms with Crippen molar-refractivity contribution < 1.29 is 19.4 Å². The number of rotatable bonds is 6. The van der Waals surface area contributed by atoms with E-state index in [-0.39, 0.29) is 12.5 Å². The van der Waals surface area contributed by atoms with E-state index in [9.17, 15) is 14.7 Å². The molecule has 2 aromatic rings. The lowest BCUT2D eigenvalue weighted by molar-refractivity contribution is -0.138. The highest BCUT2D eigenvalue weighted by molar-refractivity contribution is 5.81. The van der Waals surface area contributed by atoms with Gasteiger partial charge in [0.2, 0.25) is 0 Å². The molecule has 0 saturated carbocycles. The normalized spacial score (nSPS) is 13.4. The number of carbonyl (C=O) groups is 2. The molecular weight excluding hydrogens is 330 g/mol. The van der Waals surface area contributed by atoms with E-state index in [1.165, 1.54) is 7.11 Å². The lowest BCUT2D eigenvalue weighted by atomic mass is 9.99. The van der Waals surface area contributed by atoms with E-state index >= 15 is 0 Å². The predicted octanol–water partition coefficient (Wildman–Crippen LogP) is 4.24. The van der Waals surface area contributed by atoms with Gasteiger partial charge in [-0.2, -0.15) is 0 Å². The van der Waals surface area contributed by atoms with Crippen LogP contribution < -0.4 is 0 Å². The van der Waals surface area contributed by atoms with Crippen molar-refractivity contribution in [2.75, 3.05) is 7.11 Å². The van der Waals surface area contributed by atoms with E-state index in [0.717, 1.165) is 22.3 Å². The number of hydrogen-bond acceptors (Lipinski definition) is 3. The number of benzene rings is 2. The summed E-state index contributed by atoms with van der Waals surface area (Å²) in [6.07, 6.45) is 1.27. The van der Waals surface area contributed by atoms with Gasteiger partial charge >= 0.3 is 12.1 Å². The van der Waals surface area contributed by atoms with Gasteiger partial charge in [-0.05, 0) is 28.7 Å². The van der Waals surface area contributed by atoms with E-state index < -0.39 is 18.1 Å². The monoisotopic (exact) mass is 351 g/mol. The van der Waals surface area contributed by atoms with Crippen molar-refractivity contribution in [2.24, 2.45) is 0 Å². The molecule has 0 aliphatic heterocycles. The molecular formula is C21H21NO4. The number of fused-ring (bicyclic) bond motifs is 3. The van der Waals surface area contributed by atoms with Gasteiger partial charge in [0.25, 0.3) is 0 Å². The van der Waals surface area contributed by atoms with Crippen molar-refractivity contribution in [3.63, 3.8) is 0 Å². The van der Waals surface area contributed by atoms with Gasteiger partial charge in [-0.15, -0.1) is 6.58 Å². The summed E-state index contributed by atoms with van der Waals surface area (Å²) in [7, 11) is 1.31. The van der Waals surface area contributed by atoms with Gasteiger partial charge in [0, 0.05) is 6.04 Å². The molecule has 0 radical (unpaired) electrons. The molecule has 1 aliphatic carbocycles. The second kappa shape index (κ2) is 7.44. The van der Waals surface area contributed by atoms with Crippen LogP contribution in [-0.4, -0.2) is 35.2 Å². The first-order chi connectivity index (χ1) is 12.6. The third kappa shape index (κ3) is 3.08. The first kappa shape index (κ1) is 17.7. The number of methoxy groups -OCH3 is 1. The summed E-state index contributed by atoms with van der Waals surface area (Å²) in [6.45, 7) is 3.72. The quantitative estimate of drug-likeness (QED) is 0.790. The highest BCUT2D eigenvalue weighted by Gasteiger charge is 2.39. The van der Waals surface area contributed by atoms with Crippen molar-refractivity contribution in [1.29, 1.82) is 0 Å². The molecule has 0 heterocycles. The van der Waals surface area contributed by atoms with Gasteiger partial charge in [0.05, 0.1) is 19.6 Å². The SMILES string of the molecule is C=CC[C@H](CC(=O)O)N(C(=O)OC)C1c2ccccc2-c2ccccc21. The van der Waals surface area contributed by atoms with Crippen molar-refractivity contribution in [1.82, 2.24) is 4.90 Å².